The zero-order valence-electron chi connectivity index (χ0n) is 14.1. The fraction of sp³-hybridized carbons (Fsp3) is 0.562. The average molecular weight is 337 g/mol. The molecule has 2 unspecified atom stereocenters. The molecule has 8 heteroatoms. The number of nitrogens with one attached hydrogen (secondary N) is 2. The van der Waals surface area contributed by atoms with E-state index >= 15 is 0 Å². The highest BCUT2D eigenvalue weighted by atomic mass is 16.6. The molecule has 24 heavy (non-hydrogen) atoms. The van der Waals surface area contributed by atoms with E-state index < -0.39 is 10.8 Å². The monoisotopic (exact) mass is 337 g/mol. The summed E-state index contributed by atoms with van der Waals surface area (Å²) in [6.45, 7) is 5.00. The largest absolute Gasteiger partial charge is 0.493 e. The summed E-state index contributed by atoms with van der Waals surface area (Å²) in [5, 5.41) is 17.5. The Hall–Kier alpha value is -2.35. The Bertz CT molecular complexity index is 620. The molecule has 0 spiro atoms. The first-order valence-electron chi connectivity index (χ1n) is 7.99. The van der Waals surface area contributed by atoms with Crippen molar-refractivity contribution in [1.29, 1.82) is 0 Å². The number of carbonyl (C=O) groups is 1. The van der Waals surface area contributed by atoms with E-state index in [4.69, 9.17) is 9.47 Å². The number of hydrogen-bond acceptors (Lipinski definition) is 6. The van der Waals surface area contributed by atoms with Crippen LogP contribution in [-0.2, 0) is 0 Å². The van der Waals surface area contributed by atoms with Crippen LogP contribution in [0.25, 0.3) is 0 Å². The summed E-state index contributed by atoms with van der Waals surface area (Å²) in [6, 6.07) is 2.89. The van der Waals surface area contributed by atoms with Crippen LogP contribution in [0.2, 0.25) is 0 Å². The molecule has 1 amide bonds. The number of benzene rings is 1. The van der Waals surface area contributed by atoms with Crippen LogP contribution in [0.4, 0.5) is 5.69 Å². The Kier molecular flexibility index (Phi) is 5.97. The Morgan fingerprint density at radius 2 is 2.21 bits per heavy atom. The highest BCUT2D eigenvalue weighted by Crippen LogP contribution is 2.34. The van der Waals surface area contributed by atoms with Crippen LogP contribution in [0.15, 0.2) is 12.1 Å². The minimum atomic E-state index is -0.585. The summed E-state index contributed by atoms with van der Waals surface area (Å²) in [5.74, 6) is 0.0782. The first-order chi connectivity index (χ1) is 11.5. The molecule has 1 aliphatic rings. The van der Waals surface area contributed by atoms with E-state index in [2.05, 4.69) is 10.6 Å². The van der Waals surface area contributed by atoms with Gasteiger partial charge < -0.3 is 20.1 Å². The van der Waals surface area contributed by atoms with Crippen LogP contribution in [0.5, 0.6) is 11.5 Å². The van der Waals surface area contributed by atoms with E-state index in [0.717, 1.165) is 19.4 Å². The molecule has 2 N–H and O–H groups in total. The van der Waals surface area contributed by atoms with Gasteiger partial charge in [-0.25, -0.2) is 0 Å². The SMILES string of the molecule is CCOc1cc(C(=O)NC2CCNC(C)C2)c([N+](=O)[O-])cc1OC. The molecule has 1 aliphatic heterocycles. The predicted octanol–water partition coefficient (Wildman–Crippen LogP) is 1.87. The number of nitro benzene ring substituents is 1. The summed E-state index contributed by atoms with van der Waals surface area (Å²) in [4.78, 5) is 23.3. The minimum Gasteiger partial charge on any atom is -0.493 e. The lowest BCUT2D eigenvalue weighted by molar-refractivity contribution is -0.385. The summed E-state index contributed by atoms with van der Waals surface area (Å²) in [7, 11) is 1.40. The molecule has 8 nitrogen and oxygen atoms in total. The van der Waals surface area contributed by atoms with E-state index in [9.17, 15) is 14.9 Å². The lowest BCUT2D eigenvalue weighted by Gasteiger charge is -2.28. The van der Waals surface area contributed by atoms with Crippen molar-refractivity contribution < 1.29 is 19.2 Å². The summed E-state index contributed by atoms with van der Waals surface area (Å²) < 4.78 is 10.5. The second kappa shape index (κ2) is 7.96. The van der Waals surface area contributed by atoms with E-state index in [1.807, 2.05) is 6.92 Å². The van der Waals surface area contributed by atoms with Crippen molar-refractivity contribution >= 4 is 11.6 Å². The molecule has 0 aromatic heterocycles. The topological polar surface area (TPSA) is 103 Å². The average Bonchev–Trinajstić information content (AvgIpc) is 2.54. The molecular formula is C16H23N3O5. The fourth-order valence-corrected chi connectivity index (χ4v) is 2.84. The standard InChI is InChI=1S/C16H23N3O5/c1-4-24-15-8-12(13(19(21)22)9-14(15)23-3)16(20)18-11-5-6-17-10(2)7-11/h8-11,17H,4-7H2,1-3H3,(H,18,20). The smallest absolute Gasteiger partial charge is 0.286 e. The van der Waals surface area contributed by atoms with Crippen molar-refractivity contribution in [3.05, 3.63) is 27.8 Å². The van der Waals surface area contributed by atoms with Crippen LogP contribution in [0, 0.1) is 10.1 Å². The van der Waals surface area contributed by atoms with Gasteiger partial charge in [-0.2, -0.15) is 0 Å². The lowest BCUT2D eigenvalue weighted by atomic mass is 10.00. The van der Waals surface area contributed by atoms with Gasteiger partial charge in [0, 0.05) is 18.2 Å². The Balaban J connectivity index is 2.30. The number of rotatable bonds is 6. The number of nitro groups is 1. The third kappa shape index (κ3) is 4.14. The van der Waals surface area contributed by atoms with E-state index in [1.54, 1.807) is 6.92 Å². The first kappa shape index (κ1) is 18.0. The molecule has 1 aromatic carbocycles. The zero-order valence-corrected chi connectivity index (χ0v) is 14.1. The van der Waals surface area contributed by atoms with Gasteiger partial charge in [-0.1, -0.05) is 0 Å². The molecule has 0 radical (unpaired) electrons. The molecule has 0 aliphatic carbocycles. The third-order valence-electron chi connectivity index (χ3n) is 3.98. The summed E-state index contributed by atoms with van der Waals surface area (Å²) >= 11 is 0. The minimum absolute atomic E-state index is 0.00833. The normalized spacial score (nSPS) is 20.3. The lowest BCUT2D eigenvalue weighted by Crippen LogP contribution is -2.46. The number of methoxy groups -OCH3 is 1. The molecule has 0 bridgehead atoms. The van der Waals surface area contributed by atoms with E-state index in [1.165, 1.54) is 19.2 Å². The summed E-state index contributed by atoms with van der Waals surface area (Å²) in [6.07, 6.45) is 1.58. The maximum atomic E-state index is 12.6. The van der Waals surface area contributed by atoms with Gasteiger partial charge in [-0.15, -0.1) is 0 Å². The summed E-state index contributed by atoms with van der Waals surface area (Å²) in [5.41, 5.74) is -0.315. The van der Waals surface area contributed by atoms with Crippen molar-refractivity contribution in [3.63, 3.8) is 0 Å². The molecule has 2 rings (SSSR count). The van der Waals surface area contributed by atoms with Crippen LogP contribution < -0.4 is 20.1 Å². The van der Waals surface area contributed by atoms with Gasteiger partial charge in [0.15, 0.2) is 11.5 Å². The van der Waals surface area contributed by atoms with Crippen molar-refractivity contribution in [2.45, 2.75) is 38.8 Å². The first-order valence-corrected chi connectivity index (χ1v) is 7.99. The maximum absolute atomic E-state index is 12.6. The number of hydrogen-bond donors (Lipinski definition) is 2. The molecule has 2 atom stereocenters. The highest BCUT2D eigenvalue weighted by molar-refractivity contribution is 5.99. The van der Waals surface area contributed by atoms with Gasteiger partial charge in [0.1, 0.15) is 5.56 Å². The molecule has 1 saturated heterocycles. The molecular weight excluding hydrogens is 314 g/mol. The number of amides is 1. The highest BCUT2D eigenvalue weighted by Gasteiger charge is 2.27. The molecule has 132 valence electrons. The number of nitrogens with zero attached hydrogens (tertiary/aromatic N) is 1. The quantitative estimate of drug-likeness (QED) is 0.607. The Morgan fingerprint density at radius 1 is 1.46 bits per heavy atom. The molecule has 1 fully saturated rings. The second-order valence-corrected chi connectivity index (χ2v) is 5.76. The maximum Gasteiger partial charge on any atom is 0.286 e. The van der Waals surface area contributed by atoms with Gasteiger partial charge in [-0.3, -0.25) is 14.9 Å². The van der Waals surface area contributed by atoms with Crippen molar-refractivity contribution in [2.24, 2.45) is 0 Å². The van der Waals surface area contributed by atoms with Gasteiger partial charge >= 0.3 is 0 Å². The van der Waals surface area contributed by atoms with Crippen molar-refractivity contribution in [3.8, 4) is 11.5 Å². The fourth-order valence-electron chi connectivity index (χ4n) is 2.84. The van der Waals surface area contributed by atoms with Crippen LogP contribution in [0.1, 0.15) is 37.0 Å². The molecule has 0 saturated carbocycles. The van der Waals surface area contributed by atoms with Gasteiger partial charge in [0.25, 0.3) is 11.6 Å². The van der Waals surface area contributed by atoms with Crippen LogP contribution >= 0.6 is 0 Å². The zero-order chi connectivity index (χ0) is 17.7. The van der Waals surface area contributed by atoms with Crippen LogP contribution in [-0.4, -0.2) is 43.2 Å². The second-order valence-electron chi connectivity index (χ2n) is 5.76. The Labute approximate surface area is 140 Å². The van der Waals surface area contributed by atoms with Gasteiger partial charge in [0.2, 0.25) is 0 Å². The third-order valence-corrected chi connectivity index (χ3v) is 3.98. The number of ether oxygens (including phenoxy) is 2. The molecule has 1 heterocycles. The van der Waals surface area contributed by atoms with Gasteiger partial charge in [0.05, 0.1) is 24.7 Å². The number of piperidine rings is 1. The Morgan fingerprint density at radius 3 is 2.79 bits per heavy atom. The van der Waals surface area contributed by atoms with Gasteiger partial charge in [-0.05, 0) is 33.2 Å². The van der Waals surface area contributed by atoms with Crippen LogP contribution in [0.3, 0.4) is 0 Å². The molecule has 1 aromatic rings. The number of carbonyl (C=O) groups excluding carboxylic acids is 1. The van der Waals surface area contributed by atoms with Crippen molar-refractivity contribution in [1.82, 2.24) is 10.6 Å². The van der Waals surface area contributed by atoms with E-state index in [-0.39, 0.29) is 23.0 Å². The van der Waals surface area contributed by atoms with E-state index in [0.29, 0.717) is 18.4 Å². The predicted molar refractivity (Wildman–Crippen MR) is 88.8 cm³/mol. The van der Waals surface area contributed by atoms with Crippen molar-refractivity contribution in [2.75, 3.05) is 20.3 Å².